The number of amides is 1. The Morgan fingerprint density at radius 2 is 2.28 bits per heavy atom. The maximum Gasteiger partial charge on any atom is 0.244 e. The molecule has 1 fully saturated rings. The van der Waals surface area contributed by atoms with Crippen molar-refractivity contribution in [3.05, 3.63) is 29.3 Å². The molecule has 1 aliphatic rings. The zero-order valence-electron chi connectivity index (χ0n) is 10.1. The number of hydrogen-bond acceptors (Lipinski definition) is 3. The molecule has 0 radical (unpaired) electrons. The quantitative estimate of drug-likeness (QED) is 0.887. The van der Waals surface area contributed by atoms with Gasteiger partial charge in [-0.2, -0.15) is 5.26 Å². The van der Waals surface area contributed by atoms with E-state index >= 15 is 0 Å². The van der Waals surface area contributed by atoms with E-state index in [0.29, 0.717) is 11.6 Å². The number of para-hydroxylation sites is 1. The summed E-state index contributed by atoms with van der Waals surface area (Å²) in [6, 6.07) is 9.02. The summed E-state index contributed by atoms with van der Waals surface area (Å²) in [4.78, 5) is 13.9. The fourth-order valence-electron chi connectivity index (χ4n) is 2.19. The molecule has 94 valence electrons. The Bertz CT molecular complexity index is 497. The van der Waals surface area contributed by atoms with Crippen LogP contribution in [0.15, 0.2) is 24.3 Å². The van der Waals surface area contributed by atoms with Gasteiger partial charge in [0.05, 0.1) is 23.2 Å². The molecule has 1 amide bonds. The zero-order valence-corrected chi connectivity index (χ0v) is 10.8. The van der Waals surface area contributed by atoms with Crippen molar-refractivity contribution in [1.29, 1.82) is 5.26 Å². The van der Waals surface area contributed by atoms with Crippen LogP contribution < -0.4 is 10.2 Å². The summed E-state index contributed by atoms with van der Waals surface area (Å²) >= 11 is 6.16. The van der Waals surface area contributed by atoms with Gasteiger partial charge in [0.15, 0.2) is 0 Å². The summed E-state index contributed by atoms with van der Waals surface area (Å²) < 4.78 is 0. The van der Waals surface area contributed by atoms with Crippen molar-refractivity contribution in [3.8, 4) is 6.07 Å². The Balaban J connectivity index is 2.36. The van der Waals surface area contributed by atoms with Gasteiger partial charge in [0.25, 0.3) is 0 Å². The van der Waals surface area contributed by atoms with Crippen molar-refractivity contribution in [3.63, 3.8) is 0 Å². The first-order valence-electron chi connectivity index (χ1n) is 5.82. The fraction of sp³-hybridized carbons (Fsp3) is 0.385. The van der Waals surface area contributed by atoms with E-state index in [1.165, 1.54) is 0 Å². The first-order valence-corrected chi connectivity index (χ1v) is 6.19. The van der Waals surface area contributed by atoms with Crippen LogP contribution in [0.4, 0.5) is 5.69 Å². The van der Waals surface area contributed by atoms with Crippen molar-refractivity contribution < 1.29 is 4.79 Å². The van der Waals surface area contributed by atoms with Gasteiger partial charge in [-0.15, -0.1) is 0 Å². The van der Waals surface area contributed by atoms with Gasteiger partial charge in [-0.05, 0) is 19.1 Å². The number of nitrogens with zero attached hydrogens (tertiary/aromatic N) is 2. The molecule has 1 saturated heterocycles. The van der Waals surface area contributed by atoms with Gasteiger partial charge >= 0.3 is 0 Å². The zero-order chi connectivity index (χ0) is 13.1. The van der Waals surface area contributed by atoms with Crippen LogP contribution in [0.25, 0.3) is 0 Å². The van der Waals surface area contributed by atoms with Gasteiger partial charge in [0.2, 0.25) is 5.91 Å². The number of hydrogen-bond donors (Lipinski definition) is 1. The number of piperazine rings is 1. The second-order valence-corrected chi connectivity index (χ2v) is 4.80. The second kappa shape index (κ2) is 5.28. The summed E-state index contributed by atoms with van der Waals surface area (Å²) in [6.07, 6.45) is 0.157. The SMILES string of the molecule is CC1CN(c2ccccc2Cl)C(CC#N)C(=O)N1. The number of carbonyl (C=O) groups excluding carboxylic acids is 1. The van der Waals surface area contributed by atoms with Gasteiger partial charge in [0, 0.05) is 12.6 Å². The molecule has 0 bridgehead atoms. The molecule has 4 nitrogen and oxygen atoms in total. The summed E-state index contributed by atoms with van der Waals surface area (Å²) in [7, 11) is 0. The number of halogens is 1. The molecule has 2 unspecified atom stereocenters. The van der Waals surface area contributed by atoms with Crippen LogP contribution in [-0.2, 0) is 4.79 Å². The molecule has 5 heteroatoms. The average Bonchev–Trinajstić information content (AvgIpc) is 2.33. The molecular formula is C13H14ClN3O. The Morgan fingerprint density at radius 1 is 1.56 bits per heavy atom. The largest absolute Gasteiger partial charge is 0.355 e. The Morgan fingerprint density at radius 3 is 2.94 bits per heavy atom. The van der Waals surface area contributed by atoms with Crippen LogP contribution >= 0.6 is 11.6 Å². The lowest BCUT2D eigenvalue weighted by Crippen LogP contribution is -2.59. The number of benzene rings is 1. The third-order valence-electron chi connectivity index (χ3n) is 2.98. The van der Waals surface area contributed by atoms with Crippen LogP contribution in [-0.4, -0.2) is 24.5 Å². The van der Waals surface area contributed by atoms with Crippen LogP contribution in [0.3, 0.4) is 0 Å². The first-order chi connectivity index (χ1) is 8.63. The van der Waals surface area contributed by atoms with Gasteiger partial charge in [-0.3, -0.25) is 4.79 Å². The molecule has 1 N–H and O–H groups in total. The Hall–Kier alpha value is -1.73. The van der Waals surface area contributed by atoms with E-state index in [4.69, 9.17) is 16.9 Å². The van der Waals surface area contributed by atoms with Crippen LogP contribution in [0.1, 0.15) is 13.3 Å². The lowest BCUT2D eigenvalue weighted by Gasteiger charge is -2.39. The van der Waals surface area contributed by atoms with Crippen LogP contribution in [0.5, 0.6) is 0 Å². The third-order valence-corrected chi connectivity index (χ3v) is 3.30. The topological polar surface area (TPSA) is 56.1 Å². The van der Waals surface area contributed by atoms with Crippen molar-refractivity contribution in [1.82, 2.24) is 5.32 Å². The summed E-state index contributed by atoms with van der Waals surface area (Å²) in [6.45, 7) is 2.59. The smallest absolute Gasteiger partial charge is 0.244 e. The molecule has 1 aliphatic heterocycles. The molecular weight excluding hydrogens is 250 g/mol. The number of rotatable bonds is 2. The van der Waals surface area contributed by atoms with Crippen molar-refractivity contribution in [2.24, 2.45) is 0 Å². The normalized spacial score (nSPS) is 23.4. The van der Waals surface area contributed by atoms with Gasteiger partial charge in [0.1, 0.15) is 6.04 Å². The maximum atomic E-state index is 11.9. The van der Waals surface area contributed by atoms with E-state index in [1.807, 2.05) is 30.0 Å². The van der Waals surface area contributed by atoms with Crippen LogP contribution in [0, 0.1) is 11.3 Å². The minimum Gasteiger partial charge on any atom is -0.355 e. The maximum absolute atomic E-state index is 11.9. The monoisotopic (exact) mass is 263 g/mol. The van der Waals surface area contributed by atoms with E-state index in [1.54, 1.807) is 6.07 Å². The summed E-state index contributed by atoms with van der Waals surface area (Å²) in [5, 5.41) is 12.3. The van der Waals surface area contributed by atoms with Crippen molar-refractivity contribution in [2.45, 2.75) is 25.4 Å². The van der Waals surface area contributed by atoms with E-state index in [9.17, 15) is 4.79 Å². The summed E-state index contributed by atoms with van der Waals surface area (Å²) in [5.41, 5.74) is 0.807. The lowest BCUT2D eigenvalue weighted by atomic mass is 10.1. The molecule has 1 heterocycles. The van der Waals surface area contributed by atoms with Crippen molar-refractivity contribution in [2.75, 3.05) is 11.4 Å². The van der Waals surface area contributed by atoms with Crippen molar-refractivity contribution >= 4 is 23.2 Å². The lowest BCUT2D eigenvalue weighted by molar-refractivity contribution is -0.124. The van der Waals surface area contributed by atoms with Gasteiger partial charge < -0.3 is 10.2 Å². The molecule has 18 heavy (non-hydrogen) atoms. The average molecular weight is 264 g/mol. The van der Waals surface area contributed by atoms with Gasteiger partial charge in [-0.1, -0.05) is 23.7 Å². The highest BCUT2D eigenvalue weighted by Gasteiger charge is 2.33. The minimum absolute atomic E-state index is 0.0451. The molecule has 0 saturated carbocycles. The van der Waals surface area contributed by atoms with E-state index in [-0.39, 0.29) is 18.4 Å². The highest BCUT2D eigenvalue weighted by molar-refractivity contribution is 6.33. The van der Waals surface area contributed by atoms with Gasteiger partial charge in [-0.25, -0.2) is 0 Å². The second-order valence-electron chi connectivity index (χ2n) is 4.39. The molecule has 2 atom stereocenters. The highest BCUT2D eigenvalue weighted by atomic mass is 35.5. The molecule has 2 rings (SSSR count). The molecule has 1 aromatic rings. The number of anilines is 1. The summed E-state index contributed by atoms with van der Waals surface area (Å²) in [5.74, 6) is -0.116. The molecule has 0 spiro atoms. The fourth-order valence-corrected chi connectivity index (χ4v) is 2.43. The number of nitriles is 1. The first kappa shape index (κ1) is 12.7. The molecule has 1 aromatic carbocycles. The highest BCUT2D eigenvalue weighted by Crippen LogP contribution is 2.29. The minimum atomic E-state index is -0.467. The standard InChI is InChI=1S/C13H14ClN3O/c1-9-8-17(11-5-3-2-4-10(11)14)12(6-7-15)13(18)16-9/h2-5,9,12H,6,8H2,1H3,(H,16,18). The number of nitrogens with one attached hydrogen (secondary N) is 1. The third kappa shape index (κ3) is 2.41. The Labute approximate surface area is 111 Å². The Kier molecular flexibility index (Phi) is 3.73. The molecule has 0 aromatic heterocycles. The molecule has 0 aliphatic carbocycles. The number of carbonyl (C=O) groups is 1. The van der Waals surface area contributed by atoms with Crippen LogP contribution in [0.2, 0.25) is 5.02 Å². The van der Waals surface area contributed by atoms with E-state index < -0.39 is 6.04 Å². The predicted molar refractivity (Wildman–Crippen MR) is 70.4 cm³/mol. The van der Waals surface area contributed by atoms with E-state index in [0.717, 1.165) is 5.69 Å². The van der Waals surface area contributed by atoms with E-state index in [2.05, 4.69) is 11.4 Å². The predicted octanol–water partition coefficient (Wildman–Crippen LogP) is 1.95.